The van der Waals surface area contributed by atoms with Crippen molar-refractivity contribution in [1.29, 1.82) is 0 Å². The maximum Gasteiger partial charge on any atom is 0.467 e. The third-order valence-electron chi connectivity index (χ3n) is 2.48. The first-order valence-corrected chi connectivity index (χ1v) is 5.78. The highest BCUT2D eigenvalue weighted by Gasteiger charge is 2.84. The molecule has 2 atom stereocenters. The van der Waals surface area contributed by atoms with Crippen LogP contribution in [0, 0.1) is 0 Å². The number of rotatable bonds is 5. The van der Waals surface area contributed by atoms with E-state index in [1.54, 1.807) is 0 Å². The predicted molar refractivity (Wildman–Crippen MR) is 57.0 cm³/mol. The molecule has 0 aliphatic heterocycles. The monoisotopic (exact) mass is 362 g/mol. The van der Waals surface area contributed by atoms with Crippen molar-refractivity contribution in [2.75, 3.05) is 0 Å². The van der Waals surface area contributed by atoms with Crippen molar-refractivity contribution in [3.8, 4) is 0 Å². The maximum atomic E-state index is 13.5. The average Bonchev–Trinajstić information content (AvgIpc) is 2.32. The SMILES string of the molecule is CC=C(CC(C)O)C(=O)OC(F)(C(F)(F)F)C(F)(F)C(F)(F)F. The Labute approximate surface area is 123 Å². The lowest BCUT2D eigenvalue weighted by Crippen LogP contribution is -2.64. The van der Waals surface area contributed by atoms with Crippen LogP contribution in [0.5, 0.6) is 0 Å². The Morgan fingerprint density at radius 1 is 1.04 bits per heavy atom. The van der Waals surface area contributed by atoms with Gasteiger partial charge in [-0.25, -0.2) is 4.79 Å². The molecular formula is C11H11F9O3. The fraction of sp³-hybridized carbons (Fsp3) is 0.727. The largest absolute Gasteiger partial charge is 0.467 e. The molecule has 1 N–H and O–H groups in total. The van der Waals surface area contributed by atoms with Crippen molar-refractivity contribution >= 4 is 5.97 Å². The van der Waals surface area contributed by atoms with Crippen LogP contribution in [0.1, 0.15) is 20.3 Å². The highest BCUT2D eigenvalue weighted by atomic mass is 19.4. The van der Waals surface area contributed by atoms with Crippen LogP contribution in [0.25, 0.3) is 0 Å². The molecule has 136 valence electrons. The first-order chi connectivity index (χ1) is 10.0. The van der Waals surface area contributed by atoms with Gasteiger partial charge in [0.2, 0.25) is 0 Å². The molecule has 0 aromatic heterocycles. The molecule has 0 radical (unpaired) electrons. The maximum absolute atomic E-state index is 13.5. The van der Waals surface area contributed by atoms with Gasteiger partial charge in [-0.3, -0.25) is 0 Å². The standard InChI is InChI=1S/C11H11F9O3/c1-3-6(4-5(2)21)7(22)23-9(14,11(18,19)20)8(12,13)10(15,16)17/h3,5,21H,4H2,1-2H3. The van der Waals surface area contributed by atoms with Crippen LogP contribution < -0.4 is 0 Å². The molecule has 0 bridgehead atoms. The molecule has 0 saturated heterocycles. The minimum absolute atomic E-state index is 0.678. The number of esters is 1. The molecule has 12 heteroatoms. The van der Waals surface area contributed by atoms with Gasteiger partial charge in [-0.05, 0) is 13.8 Å². The second-order valence-electron chi connectivity index (χ2n) is 4.42. The lowest BCUT2D eigenvalue weighted by atomic mass is 10.1. The summed E-state index contributed by atoms with van der Waals surface area (Å²) in [7, 11) is 0. The van der Waals surface area contributed by atoms with E-state index in [4.69, 9.17) is 5.11 Å². The third kappa shape index (κ3) is 4.30. The van der Waals surface area contributed by atoms with Crippen molar-refractivity contribution in [3.63, 3.8) is 0 Å². The van der Waals surface area contributed by atoms with E-state index < -0.39 is 48.2 Å². The number of allylic oxidation sites excluding steroid dienone is 1. The van der Waals surface area contributed by atoms with Crippen molar-refractivity contribution in [2.24, 2.45) is 0 Å². The molecule has 23 heavy (non-hydrogen) atoms. The van der Waals surface area contributed by atoms with Crippen LogP contribution in [0.15, 0.2) is 11.6 Å². The van der Waals surface area contributed by atoms with Crippen LogP contribution in [0.4, 0.5) is 39.5 Å². The van der Waals surface area contributed by atoms with Crippen molar-refractivity contribution in [1.82, 2.24) is 0 Å². The third-order valence-corrected chi connectivity index (χ3v) is 2.48. The van der Waals surface area contributed by atoms with E-state index in [-0.39, 0.29) is 0 Å². The summed E-state index contributed by atoms with van der Waals surface area (Å²) in [6.07, 6.45) is -15.3. The molecule has 0 aliphatic carbocycles. The Hall–Kier alpha value is -1.46. The fourth-order valence-electron chi connectivity index (χ4n) is 1.31. The van der Waals surface area contributed by atoms with Crippen molar-refractivity contribution in [3.05, 3.63) is 11.6 Å². The Balaban J connectivity index is 5.85. The Morgan fingerprint density at radius 3 is 1.74 bits per heavy atom. The van der Waals surface area contributed by atoms with Gasteiger partial charge in [0.05, 0.1) is 6.10 Å². The van der Waals surface area contributed by atoms with Crippen LogP contribution >= 0.6 is 0 Å². The predicted octanol–water partition coefficient (Wildman–Crippen LogP) is 3.67. The van der Waals surface area contributed by atoms with E-state index in [0.717, 1.165) is 13.8 Å². The summed E-state index contributed by atoms with van der Waals surface area (Å²) in [5.74, 6) is -16.1. The lowest BCUT2D eigenvalue weighted by Gasteiger charge is -2.34. The molecule has 0 amide bonds. The van der Waals surface area contributed by atoms with Gasteiger partial charge in [-0.1, -0.05) is 6.08 Å². The Morgan fingerprint density at radius 2 is 1.48 bits per heavy atom. The van der Waals surface area contributed by atoms with Gasteiger partial charge in [-0.2, -0.15) is 39.5 Å². The van der Waals surface area contributed by atoms with Gasteiger partial charge in [0.25, 0.3) is 0 Å². The molecule has 0 spiro atoms. The summed E-state index contributed by atoms with van der Waals surface area (Å²) in [6, 6.07) is 0. The molecule has 0 rings (SSSR count). The van der Waals surface area contributed by atoms with E-state index in [9.17, 15) is 44.3 Å². The molecule has 0 aliphatic rings. The van der Waals surface area contributed by atoms with Crippen molar-refractivity contribution in [2.45, 2.75) is 50.5 Å². The summed E-state index contributed by atoms with van der Waals surface area (Å²) in [4.78, 5) is 11.3. The smallest absolute Gasteiger partial charge is 0.411 e. The topological polar surface area (TPSA) is 46.5 Å². The average molecular weight is 362 g/mol. The number of carbonyl (C=O) groups is 1. The molecule has 3 nitrogen and oxygen atoms in total. The summed E-state index contributed by atoms with van der Waals surface area (Å²) < 4.78 is 116. The minimum Gasteiger partial charge on any atom is -0.411 e. The van der Waals surface area contributed by atoms with Gasteiger partial charge < -0.3 is 9.84 Å². The van der Waals surface area contributed by atoms with Crippen molar-refractivity contribution < 1.29 is 54.2 Å². The van der Waals surface area contributed by atoms with Crippen LogP contribution in [-0.2, 0) is 9.53 Å². The molecule has 0 fully saturated rings. The van der Waals surface area contributed by atoms with E-state index >= 15 is 0 Å². The minimum atomic E-state index is -7.04. The van der Waals surface area contributed by atoms with Gasteiger partial charge >= 0.3 is 30.1 Å². The van der Waals surface area contributed by atoms with Crippen LogP contribution in [0.3, 0.4) is 0 Å². The quantitative estimate of drug-likeness (QED) is 0.461. The zero-order valence-electron chi connectivity index (χ0n) is 11.5. The Bertz CT molecular complexity index is 464. The molecular weight excluding hydrogens is 351 g/mol. The number of aliphatic hydroxyl groups is 1. The number of hydrogen-bond donors (Lipinski definition) is 1. The number of carbonyl (C=O) groups excluding carboxylic acids is 1. The van der Waals surface area contributed by atoms with E-state index in [1.165, 1.54) is 0 Å². The summed E-state index contributed by atoms with van der Waals surface area (Å²) in [5.41, 5.74) is -0.913. The first-order valence-electron chi connectivity index (χ1n) is 5.78. The molecule has 0 aromatic carbocycles. The number of hydrogen-bond acceptors (Lipinski definition) is 3. The van der Waals surface area contributed by atoms with Crippen LogP contribution in [-0.4, -0.2) is 41.3 Å². The molecule has 0 heterocycles. The number of ether oxygens (including phenoxy) is 1. The summed E-state index contributed by atoms with van der Waals surface area (Å²) in [5, 5.41) is 8.96. The lowest BCUT2D eigenvalue weighted by molar-refractivity contribution is -0.440. The highest BCUT2D eigenvalue weighted by Crippen LogP contribution is 2.53. The zero-order chi connectivity index (χ0) is 18.9. The second-order valence-corrected chi connectivity index (χ2v) is 4.42. The second kappa shape index (κ2) is 6.57. The number of alkyl halides is 9. The Kier molecular flexibility index (Phi) is 6.16. The molecule has 0 saturated carbocycles. The van der Waals surface area contributed by atoms with Crippen LogP contribution in [0.2, 0.25) is 0 Å². The zero-order valence-corrected chi connectivity index (χ0v) is 11.5. The number of aliphatic hydroxyl groups excluding tert-OH is 1. The van der Waals surface area contributed by atoms with Gasteiger partial charge in [-0.15, -0.1) is 0 Å². The highest BCUT2D eigenvalue weighted by molar-refractivity contribution is 5.88. The normalized spacial score (nSPS) is 18.3. The molecule has 0 aromatic rings. The number of halogens is 9. The molecule has 2 unspecified atom stereocenters. The van der Waals surface area contributed by atoms with E-state index in [2.05, 4.69) is 4.74 Å². The first kappa shape index (κ1) is 21.5. The fourth-order valence-corrected chi connectivity index (χ4v) is 1.31. The summed E-state index contributed by atoms with van der Waals surface area (Å²) in [6.45, 7) is 2.03. The van der Waals surface area contributed by atoms with Gasteiger partial charge in [0.15, 0.2) is 0 Å². The van der Waals surface area contributed by atoms with E-state index in [0.29, 0.717) is 6.08 Å². The van der Waals surface area contributed by atoms with Gasteiger partial charge in [0.1, 0.15) is 0 Å². The summed E-state index contributed by atoms with van der Waals surface area (Å²) >= 11 is 0. The van der Waals surface area contributed by atoms with E-state index in [1.807, 2.05) is 0 Å². The van der Waals surface area contributed by atoms with Gasteiger partial charge in [0, 0.05) is 12.0 Å².